The molecule has 0 bridgehead atoms. The van der Waals surface area contributed by atoms with Crippen LogP contribution < -0.4 is 4.74 Å². The molecule has 0 fully saturated rings. The van der Waals surface area contributed by atoms with Crippen LogP contribution in [-0.2, 0) is 17.3 Å². The molecule has 0 saturated carbocycles. The first kappa shape index (κ1) is 61.6. The highest BCUT2D eigenvalue weighted by Gasteiger charge is 2.97. The normalized spacial score (nSPS) is 15.9. The van der Waals surface area contributed by atoms with E-state index in [1.807, 2.05) is 0 Å². The zero-order valence-electron chi connectivity index (χ0n) is 33.1. The number of methoxy groups -OCH3 is 1. The van der Waals surface area contributed by atoms with Crippen LogP contribution in [0.1, 0.15) is 47.8 Å². The van der Waals surface area contributed by atoms with Gasteiger partial charge >= 0.3 is 95.3 Å². The van der Waals surface area contributed by atoms with Crippen LogP contribution in [-0.4, -0.2) is 96.8 Å². The van der Waals surface area contributed by atoms with E-state index in [4.69, 9.17) is 4.74 Å². The first-order valence-electron chi connectivity index (χ1n) is 16.9. The zero-order valence-corrected chi connectivity index (χ0v) is 33.1. The number of aldehydes is 1. The van der Waals surface area contributed by atoms with E-state index in [9.17, 15) is 119 Å². The molecule has 0 atom stereocenters. The number of alkyl halides is 34. The van der Waals surface area contributed by atoms with Gasteiger partial charge in [0.1, 0.15) is 5.75 Å². The minimum atomic E-state index is -9.46. The minimum absolute atomic E-state index is 0.0189. The number of benzene rings is 2. The molecular formula is C34H18F34O2. The lowest BCUT2D eigenvalue weighted by atomic mass is 9.81. The fourth-order valence-electron chi connectivity index (χ4n) is 5.54. The van der Waals surface area contributed by atoms with Crippen LogP contribution in [0.5, 0.6) is 5.75 Å². The van der Waals surface area contributed by atoms with Gasteiger partial charge < -0.3 is 4.74 Å². The predicted molar refractivity (Wildman–Crippen MR) is 162 cm³/mol. The first-order valence-corrected chi connectivity index (χ1v) is 16.9. The second-order valence-electron chi connectivity index (χ2n) is 15.4. The number of halogens is 34. The van der Waals surface area contributed by atoms with Gasteiger partial charge in [0.15, 0.2) is 6.29 Å². The van der Waals surface area contributed by atoms with Gasteiger partial charge in [-0.25, -0.2) is 0 Å². The average molecular weight is 1100 g/mol. The van der Waals surface area contributed by atoms with Crippen molar-refractivity contribution in [1.82, 2.24) is 0 Å². The minimum Gasteiger partial charge on any atom is -0.496 e. The topological polar surface area (TPSA) is 26.3 Å². The van der Waals surface area contributed by atoms with E-state index < -0.39 is 164 Å². The summed E-state index contributed by atoms with van der Waals surface area (Å²) in [5.41, 5.74) is -15.5. The Labute approximate surface area is 363 Å². The predicted octanol–water partition coefficient (Wildman–Crippen LogP) is 15.4. The van der Waals surface area contributed by atoms with E-state index in [2.05, 4.69) is 0 Å². The molecule has 0 aromatic heterocycles. The Bertz CT molecular complexity index is 2160. The largest absolute Gasteiger partial charge is 0.496 e. The molecule has 0 amide bonds. The van der Waals surface area contributed by atoms with Crippen LogP contribution in [0.25, 0.3) is 11.1 Å². The van der Waals surface area contributed by atoms with Crippen LogP contribution in [0, 0.1) is 0 Å². The van der Waals surface area contributed by atoms with Crippen molar-refractivity contribution in [2.45, 2.75) is 121 Å². The van der Waals surface area contributed by atoms with E-state index >= 15 is 35.1 Å². The second-order valence-corrected chi connectivity index (χ2v) is 15.4. The van der Waals surface area contributed by atoms with Crippen molar-refractivity contribution in [2.24, 2.45) is 0 Å². The lowest BCUT2D eigenvalue weighted by Crippen LogP contribution is -2.74. The fourth-order valence-corrected chi connectivity index (χ4v) is 5.54. The number of carbonyl (C=O) groups excluding carboxylic acids is 1. The summed E-state index contributed by atoms with van der Waals surface area (Å²) in [5, 5.41) is 0. The number of hydrogen-bond donors (Lipinski definition) is 0. The maximum absolute atomic E-state index is 15.6. The van der Waals surface area contributed by atoms with Gasteiger partial charge in [-0.05, 0) is 46.9 Å². The molecule has 2 rings (SSSR count). The van der Waals surface area contributed by atoms with E-state index in [1.54, 1.807) is 0 Å². The average Bonchev–Trinajstić information content (AvgIpc) is 3.17. The molecule has 0 heterocycles. The quantitative estimate of drug-likeness (QED) is 0.117. The first-order chi connectivity index (χ1) is 30.2. The lowest BCUT2D eigenvalue weighted by Gasteiger charge is -2.43. The Morgan fingerprint density at radius 3 is 0.814 bits per heavy atom. The highest BCUT2D eigenvalue weighted by atomic mass is 19.4. The highest BCUT2D eigenvalue weighted by Crippen LogP contribution is 2.68. The molecule has 0 aliphatic carbocycles. The SMILES string of the molecule is COc1c(C=O)cc(-c2cc(C(F)(F)C(F)(F)C(F)(F)C(F)(F)C(F)(F)C(F)(F)C(F)(F)C(F)(F)F)cc(C(F)(F)C(F)(F)C(F)(F)C(F)(F)C(F)(F)C(F)(F)C(F)(F)C(F)(F)F)c2)cc1C(C)(C)C. The molecule has 2 nitrogen and oxygen atoms in total. The number of rotatable bonds is 17. The van der Waals surface area contributed by atoms with Crippen molar-refractivity contribution in [1.29, 1.82) is 0 Å². The van der Waals surface area contributed by atoms with Crippen LogP contribution >= 0.6 is 0 Å². The molecule has 0 spiro atoms. The molecule has 0 aliphatic heterocycles. The van der Waals surface area contributed by atoms with E-state index in [0.717, 1.165) is 20.8 Å². The Kier molecular flexibility index (Phi) is 14.6. The fraction of sp³-hybridized carbons (Fsp3) is 0.618. The van der Waals surface area contributed by atoms with Crippen LogP contribution in [0.15, 0.2) is 30.3 Å². The Morgan fingerprint density at radius 1 is 0.343 bits per heavy atom. The molecule has 0 saturated heterocycles. The molecule has 70 heavy (non-hydrogen) atoms. The van der Waals surface area contributed by atoms with Crippen molar-refractivity contribution < 1.29 is 159 Å². The van der Waals surface area contributed by atoms with Gasteiger partial charge in [-0.3, -0.25) is 4.79 Å². The molecule has 36 heteroatoms. The summed E-state index contributed by atoms with van der Waals surface area (Å²) in [6.07, 6.45) is -17.0. The molecule has 0 aliphatic rings. The van der Waals surface area contributed by atoms with Crippen LogP contribution in [0.3, 0.4) is 0 Å². The van der Waals surface area contributed by atoms with E-state index in [1.165, 1.54) is 0 Å². The Morgan fingerprint density at radius 2 is 0.586 bits per heavy atom. The Balaban J connectivity index is 3.32. The summed E-state index contributed by atoms with van der Waals surface area (Å²) in [5.74, 6) is -127. The second kappa shape index (κ2) is 16.5. The lowest BCUT2D eigenvalue weighted by molar-refractivity contribution is -0.463. The third-order valence-electron chi connectivity index (χ3n) is 9.69. The van der Waals surface area contributed by atoms with Gasteiger partial charge in [-0.15, -0.1) is 0 Å². The van der Waals surface area contributed by atoms with Crippen molar-refractivity contribution >= 4 is 6.29 Å². The van der Waals surface area contributed by atoms with Crippen molar-refractivity contribution in [3.05, 3.63) is 52.6 Å². The third-order valence-corrected chi connectivity index (χ3v) is 9.69. The van der Waals surface area contributed by atoms with Gasteiger partial charge in [-0.2, -0.15) is 149 Å². The summed E-state index contributed by atoms with van der Waals surface area (Å²) in [6.45, 7) is 3.06. The summed E-state index contributed by atoms with van der Waals surface area (Å²) >= 11 is 0. The number of hydrogen-bond acceptors (Lipinski definition) is 2. The van der Waals surface area contributed by atoms with Gasteiger partial charge in [0.25, 0.3) is 0 Å². The van der Waals surface area contributed by atoms with Gasteiger partial charge in [-0.1, -0.05) is 20.8 Å². The van der Waals surface area contributed by atoms with Crippen LogP contribution in [0.4, 0.5) is 149 Å². The molecule has 0 N–H and O–H groups in total. The van der Waals surface area contributed by atoms with Crippen LogP contribution in [0.2, 0.25) is 0 Å². The zero-order chi connectivity index (χ0) is 56.5. The number of ether oxygens (including phenoxy) is 1. The van der Waals surface area contributed by atoms with Crippen molar-refractivity contribution in [3.63, 3.8) is 0 Å². The maximum atomic E-state index is 15.6. The van der Waals surface area contributed by atoms with Gasteiger partial charge in [0, 0.05) is 16.7 Å². The van der Waals surface area contributed by atoms with E-state index in [-0.39, 0.29) is 12.1 Å². The molecule has 0 unspecified atom stereocenters. The monoisotopic (exact) mass is 1100 g/mol. The molecule has 404 valence electrons. The summed E-state index contributed by atoms with van der Waals surface area (Å²) < 4.78 is 484. The van der Waals surface area contributed by atoms with Crippen molar-refractivity contribution in [2.75, 3.05) is 7.11 Å². The summed E-state index contributed by atoms with van der Waals surface area (Å²) in [4.78, 5) is 11.8. The van der Waals surface area contributed by atoms with E-state index in [0.29, 0.717) is 7.11 Å². The molecule has 2 aromatic rings. The molecular weight excluding hydrogens is 1090 g/mol. The smallest absolute Gasteiger partial charge is 0.460 e. The molecule has 0 radical (unpaired) electrons. The third kappa shape index (κ3) is 8.06. The number of carbonyl (C=O) groups is 1. The maximum Gasteiger partial charge on any atom is 0.460 e. The Hall–Kier alpha value is -4.47. The summed E-state index contributed by atoms with van der Waals surface area (Å²) in [6, 6.07) is -4.55. The highest BCUT2D eigenvalue weighted by molar-refractivity contribution is 5.85. The van der Waals surface area contributed by atoms with Gasteiger partial charge in [0.05, 0.1) is 12.7 Å². The van der Waals surface area contributed by atoms with Crippen molar-refractivity contribution in [3.8, 4) is 16.9 Å². The van der Waals surface area contributed by atoms with Gasteiger partial charge in [0.2, 0.25) is 0 Å². The summed E-state index contributed by atoms with van der Waals surface area (Å²) in [7, 11) is 0.667. The molecule has 2 aromatic carbocycles. The standard InChI is InChI=1S/C34H18F34O2/c1-18(2,3)16-8-11(5-13(10-69)17(16)70-4)12-6-14(19(35,36)21(39,40)23(43,44)25(47,48)27(51,52)29(55,56)31(59,60)33(63,64)65)9-15(7-12)20(37,38)22(41,42)24(45,46)26(49,50)28(53,54)30(57,58)32(61,62)34(66,67)68/h5-10H,1-4H3.